The van der Waals surface area contributed by atoms with Gasteiger partial charge in [-0.1, -0.05) is 48.6 Å². The average molecular weight is 570 g/mol. The second-order valence-electron chi connectivity index (χ2n) is 9.63. The number of carbonyl (C=O) groups is 2. The van der Waals surface area contributed by atoms with Crippen LogP contribution in [-0.4, -0.2) is 34.8 Å². The summed E-state index contributed by atoms with van der Waals surface area (Å²) in [6, 6.07) is 18.1. The summed E-state index contributed by atoms with van der Waals surface area (Å²) in [5, 5.41) is 0. The van der Waals surface area contributed by atoms with Gasteiger partial charge in [0.05, 0.1) is 41.1 Å². The Morgan fingerprint density at radius 2 is 1.73 bits per heavy atom. The summed E-state index contributed by atoms with van der Waals surface area (Å²) in [4.78, 5) is 44.3. The van der Waals surface area contributed by atoms with Crippen molar-refractivity contribution in [3.63, 3.8) is 0 Å². The summed E-state index contributed by atoms with van der Waals surface area (Å²) >= 11 is 1.31. The van der Waals surface area contributed by atoms with E-state index in [1.54, 1.807) is 23.6 Å². The molecule has 1 aliphatic rings. The molecule has 0 bridgehead atoms. The Hall–Kier alpha value is -4.50. The van der Waals surface area contributed by atoms with Gasteiger partial charge >= 0.3 is 11.9 Å². The lowest BCUT2D eigenvalue weighted by Gasteiger charge is -2.25. The van der Waals surface area contributed by atoms with Crippen LogP contribution >= 0.6 is 11.3 Å². The quantitative estimate of drug-likeness (QED) is 0.308. The summed E-state index contributed by atoms with van der Waals surface area (Å²) in [5.74, 6) is -0.849. The molecule has 2 aromatic carbocycles. The minimum Gasteiger partial charge on any atom is -0.466 e. The van der Waals surface area contributed by atoms with Crippen molar-refractivity contribution in [1.29, 1.82) is 0 Å². The zero-order valence-electron chi connectivity index (χ0n) is 23.6. The van der Waals surface area contributed by atoms with Crippen molar-refractivity contribution < 1.29 is 19.1 Å². The third kappa shape index (κ3) is 5.09. The second kappa shape index (κ2) is 11.5. The lowest BCUT2D eigenvalue weighted by molar-refractivity contribution is -0.136. The highest BCUT2D eigenvalue weighted by Gasteiger charge is 2.33. The number of rotatable bonds is 7. The van der Waals surface area contributed by atoms with E-state index in [9.17, 15) is 14.4 Å². The first kappa shape index (κ1) is 28.0. The molecule has 0 saturated carbocycles. The van der Waals surface area contributed by atoms with E-state index in [2.05, 4.69) is 4.57 Å². The van der Waals surface area contributed by atoms with E-state index in [0.29, 0.717) is 39.2 Å². The molecule has 0 fully saturated rings. The van der Waals surface area contributed by atoms with Crippen LogP contribution in [0.25, 0.3) is 11.8 Å². The highest BCUT2D eigenvalue weighted by atomic mass is 32.1. The third-order valence-corrected chi connectivity index (χ3v) is 8.14. The van der Waals surface area contributed by atoms with Crippen LogP contribution in [0.4, 0.5) is 0 Å². The highest BCUT2D eigenvalue weighted by Crippen LogP contribution is 2.31. The Bertz CT molecular complexity index is 1840. The number of ether oxygens (including phenoxy) is 2. The fourth-order valence-corrected chi connectivity index (χ4v) is 6.26. The number of nitrogens with zero attached hydrogens (tertiary/aromatic N) is 3. The molecule has 9 heteroatoms. The molecule has 8 nitrogen and oxygen atoms in total. The number of carbonyl (C=O) groups excluding carboxylic acids is 2. The Morgan fingerprint density at radius 1 is 1.02 bits per heavy atom. The van der Waals surface area contributed by atoms with Crippen molar-refractivity contribution >= 4 is 29.4 Å². The van der Waals surface area contributed by atoms with Gasteiger partial charge in [0.1, 0.15) is 0 Å². The molecule has 3 heterocycles. The predicted molar refractivity (Wildman–Crippen MR) is 158 cm³/mol. The Morgan fingerprint density at radius 3 is 2.37 bits per heavy atom. The normalized spacial score (nSPS) is 15.0. The molecule has 0 spiro atoms. The maximum atomic E-state index is 13.9. The summed E-state index contributed by atoms with van der Waals surface area (Å²) in [5.41, 5.74) is 5.79. The lowest BCUT2D eigenvalue weighted by atomic mass is 9.95. The van der Waals surface area contributed by atoms with Gasteiger partial charge in [0, 0.05) is 17.1 Å². The molecular weight excluding hydrogens is 538 g/mol. The van der Waals surface area contributed by atoms with Crippen molar-refractivity contribution in [3.05, 3.63) is 120 Å². The minimum absolute atomic E-state index is 0.220. The number of aryl methyl sites for hydroxylation is 1. The van der Waals surface area contributed by atoms with Crippen LogP contribution in [0, 0.1) is 13.8 Å². The maximum absolute atomic E-state index is 13.9. The molecule has 41 heavy (non-hydrogen) atoms. The standard InChI is InChI=1S/C32H31N3O5S/c1-6-25-27(31(38)39-5)28(21-11-9-8-10-12-21)35-29(36)26(41-32(35)33-25)18-23-17-19(3)34(20(23)4)24-15-13-22(14-16-24)30(37)40-7-2/h8-18,28H,6-7H2,1-5H3/b26-18-/t28-/m0/s1. The van der Waals surface area contributed by atoms with Crippen molar-refractivity contribution in [2.24, 2.45) is 4.99 Å². The Labute approximate surface area is 241 Å². The largest absolute Gasteiger partial charge is 0.466 e. The monoisotopic (exact) mass is 569 g/mol. The number of hydrogen-bond acceptors (Lipinski definition) is 7. The fraction of sp³-hybridized carbons (Fsp3) is 0.250. The van der Waals surface area contributed by atoms with E-state index < -0.39 is 12.0 Å². The summed E-state index contributed by atoms with van der Waals surface area (Å²) in [7, 11) is 1.34. The van der Waals surface area contributed by atoms with Gasteiger partial charge in [-0.15, -0.1) is 0 Å². The molecule has 4 aromatic rings. The second-order valence-corrected chi connectivity index (χ2v) is 10.6. The number of aromatic nitrogens is 2. The SMILES string of the molecule is CCOC(=O)c1ccc(-n2c(C)cc(/C=c3\sc4n(c3=O)[C@@H](c3ccccc3)C(C(=O)OC)=C(CC)N=4)c2C)cc1. The summed E-state index contributed by atoms with van der Waals surface area (Å²) in [6.07, 6.45) is 2.40. The lowest BCUT2D eigenvalue weighted by Crippen LogP contribution is -2.40. The molecule has 1 aliphatic heterocycles. The van der Waals surface area contributed by atoms with Gasteiger partial charge in [-0.05, 0) is 74.7 Å². The number of thiazole rings is 1. The first-order valence-corrected chi connectivity index (χ1v) is 14.2. The Balaban J connectivity index is 1.63. The first-order chi connectivity index (χ1) is 19.8. The topological polar surface area (TPSA) is 91.9 Å². The van der Waals surface area contributed by atoms with E-state index in [1.807, 2.05) is 75.4 Å². The van der Waals surface area contributed by atoms with Crippen molar-refractivity contribution in [2.75, 3.05) is 13.7 Å². The number of methoxy groups -OCH3 is 1. The Kier molecular flexibility index (Phi) is 7.90. The molecule has 1 atom stereocenters. The molecule has 0 saturated heterocycles. The number of fused-ring (bicyclic) bond motifs is 1. The van der Waals surface area contributed by atoms with Crippen LogP contribution in [0.1, 0.15) is 59.2 Å². The zero-order chi connectivity index (χ0) is 29.3. The molecule has 210 valence electrons. The van der Waals surface area contributed by atoms with E-state index >= 15 is 0 Å². The van der Waals surface area contributed by atoms with Gasteiger partial charge in [-0.2, -0.15) is 0 Å². The van der Waals surface area contributed by atoms with Crippen LogP contribution < -0.4 is 14.9 Å². The van der Waals surface area contributed by atoms with Crippen LogP contribution in [-0.2, 0) is 14.3 Å². The first-order valence-electron chi connectivity index (χ1n) is 13.4. The molecule has 0 unspecified atom stereocenters. The van der Waals surface area contributed by atoms with E-state index in [1.165, 1.54) is 18.4 Å². The number of hydrogen-bond donors (Lipinski definition) is 0. The summed E-state index contributed by atoms with van der Waals surface area (Å²) in [6.45, 7) is 8.02. The molecule has 0 aliphatic carbocycles. The molecule has 0 radical (unpaired) electrons. The number of allylic oxidation sites excluding steroid dienone is 1. The average Bonchev–Trinajstić information content (AvgIpc) is 3.45. The molecule has 2 aromatic heterocycles. The van der Waals surface area contributed by atoms with Crippen molar-refractivity contribution in [2.45, 2.75) is 40.2 Å². The van der Waals surface area contributed by atoms with Crippen molar-refractivity contribution in [1.82, 2.24) is 9.13 Å². The van der Waals surface area contributed by atoms with Crippen LogP contribution in [0.15, 0.2) is 81.7 Å². The van der Waals surface area contributed by atoms with Gasteiger partial charge in [0.2, 0.25) is 0 Å². The maximum Gasteiger partial charge on any atom is 0.338 e. The molecule has 5 rings (SSSR count). The van der Waals surface area contributed by atoms with Gasteiger partial charge < -0.3 is 14.0 Å². The summed E-state index contributed by atoms with van der Waals surface area (Å²) < 4.78 is 14.4. The predicted octanol–water partition coefficient (Wildman–Crippen LogP) is 4.38. The van der Waals surface area contributed by atoms with Crippen LogP contribution in [0.2, 0.25) is 0 Å². The van der Waals surface area contributed by atoms with Crippen LogP contribution in [0.5, 0.6) is 0 Å². The molecule has 0 N–H and O–H groups in total. The molecule has 0 amide bonds. The van der Waals surface area contributed by atoms with Gasteiger partial charge in [-0.3, -0.25) is 9.36 Å². The highest BCUT2D eigenvalue weighted by molar-refractivity contribution is 7.07. The van der Waals surface area contributed by atoms with E-state index in [-0.39, 0.29) is 11.5 Å². The van der Waals surface area contributed by atoms with E-state index in [4.69, 9.17) is 14.5 Å². The number of esters is 2. The smallest absolute Gasteiger partial charge is 0.338 e. The fourth-order valence-electron chi connectivity index (χ4n) is 5.25. The van der Waals surface area contributed by atoms with Crippen LogP contribution in [0.3, 0.4) is 0 Å². The number of benzene rings is 2. The zero-order valence-corrected chi connectivity index (χ0v) is 24.5. The van der Waals surface area contributed by atoms with Gasteiger partial charge in [0.15, 0.2) is 4.80 Å². The third-order valence-electron chi connectivity index (χ3n) is 7.16. The molecular formula is C32H31N3O5S. The van der Waals surface area contributed by atoms with Gasteiger partial charge in [-0.25, -0.2) is 14.6 Å². The van der Waals surface area contributed by atoms with Gasteiger partial charge in [0.25, 0.3) is 5.56 Å². The van der Waals surface area contributed by atoms with Crippen molar-refractivity contribution in [3.8, 4) is 5.69 Å². The minimum atomic E-state index is -0.637. The van der Waals surface area contributed by atoms with E-state index in [0.717, 1.165) is 28.2 Å².